The lowest BCUT2D eigenvalue weighted by molar-refractivity contribution is -0.137. The van der Waals surface area contributed by atoms with Gasteiger partial charge in [-0.3, -0.25) is 4.79 Å². The molecule has 1 aromatic rings. The maximum absolute atomic E-state index is 13.4. The van der Waals surface area contributed by atoms with Gasteiger partial charge in [-0.2, -0.15) is 4.31 Å². The Labute approximate surface area is 139 Å². The van der Waals surface area contributed by atoms with Gasteiger partial charge in [0.2, 0.25) is 10.0 Å². The van der Waals surface area contributed by atoms with Crippen molar-refractivity contribution >= 4 is 27.6 Å². The second-order valence-corrected chi connectivity index (χ2v) is 7.73. The second kappa shape index (κ2) is 7.12. The van der Waals surface area contributed by atoms with Gasteiger partial charge in [-0.05, 0) is 24.6 Å². The van der Waals surface area contributed by atoms with E-state index < -0.39 is 21.8 Å². The molecule has 0 atom stereocenters. The lowest BCUT2D eigenvalue weighted by Gasteiger charge is -2.33. The number of sulfonamides is 1. The SMILES string of the molecule is Cc1cc(S(=O)(=O)N2CCN(CCC(=O)O)CC2)c(Cl)cc1F. The summed E-state index contributed by atoms with van der Waals surface area (Å²) in [6.07, 6.45) is 0.0235. The Morgan fingerprint density at radius 1 is 1.30 bits per heavy atom. The van der Waals surface area contributed by atoms with E-state index in [1.165, 1.54) is 17.3 Å². The zero-order valence-electron chi connectivity index (χ0n) is 12.6. The molecule has 0 spiro atoms. The third-order valence-corrected chi connectivity index (χ3v) is 6.17. The van der Waals surface area contributed by atoms with E-state index in [2.05, 4.69) is 0 Å². The minimum atomic E-state index is -3.79. The van der Waals surface area contributed by atoms with Gasteiger partial charge in [0.15, 0.2) is 0 Å². The average Bonchev–Trinajstić information content (AvgIpc) is 2.49. The highest BCUT2D eigenvalue weighted by Crippen LogP contribution is 2.28. The minimum absolute atomic E-state index is 0.0235. The van der Waals surface area contributed by atoms with E-state index in [1.54, 1.807) is 0 Å². The van der Waals surface area contributed by atoms with Crippen LogP contribution < -0.4 is 0 Å². The Kier molecular flexibility index (Phi) is 5.61. The van der Waals surface area contributed by atoms with Crippen molar-refractivity contribution in [3.05, 3.63) is 28.5 Å². The first-order valence-electron chi connectivity index (χ1n) is 7.12. The van der Waals surface area contributed by atoms with Crippen LogP contribution in [-0.4, -0.2) is 61.4 Å². The Bertz CT molecular complexity index is 703. The molecule has 0 aliphatic carbocycles. The normalized spacial score (nSPS) is 17.3. The van der Waals surface area contributed by atoms with Gasteiger partial charge in [0.05, 0.1) is 11.4 Å². The molecule has 1 N–H and O–H groups in total. The van der Waals surface area contributed by atoms with Crippen LogP contribution in [0.3, 0.4) is 0 Å². The number of rotatable bonds is 5. The van der Waals surface area contributed by atoms with Crippen molar-refractivity contribution in [1.82, 2.24) is 9.21 Å². The number of benzene rings is 1. The number of hydrogen-bond donors (Lipinski definition) is 1. The van der Waals surface area contributed by atoms with Crippen LogP contribution in [0.5, 0.6) is 0 Å². The molecule has 1 aliphatic rings. The van der Waals surface area contributed by atoms with E-state index in [-0.39, 0.29) is 35.0 Å². The van der Waals surface area contributed by atoms with E-state index in [9.17, 15) is 17.6 Å². The number of piperazine rings is 1. The van der Waals surface area contributed by atoms with E-state index in [4.69, 9.17) is 16.7 Å². The highest BCUT2D eigenvalue weighted by atomic mass is 35.5. The smallest absolute Gasteiger partial charge is 0.304 e. The van der Waals surface area contributed by atoms with Crippen LogP contribution in [0.4, 0.5) is 4.39 Å². The van der Waals surface area contributed by atoms with Crippen molar-refractivity contribution in [3.63, 3.8) is 0 Å². The molecule has 1 fully saturated rings. The van der Waals surface area contributed by atoms with Gasteiger partial charge in [-0.15, -0.1) is 0 Å². The van der Waals surface area contributed by atoms with Gasteiger partial charge >= 0.3 is 5.97 Å². The molecule has 1 aliphatic heterocycles. The Morgan fingerprint density at radius 3 is 2.48 bits per heavy atom. The van der Waals surface area contributed by atoms with E-state index in [1.807, 2.05) is 4.90 Å². The zero-order chi connectivity index (χ0) is 17.2. The molecule has 0 bridgehead atoms. The fraction of sp³-hybridized carbons (Fsp3) is 0.500. The van der Waals surface area contributed by atoms with Crippen molar-refractivity contribution in [3.8, 4) is 0 Å². The summed E-state index contributed by atoms with van der Waals surface area (Å²) >= 11 is 5.90. The summed E-state index contributed by atoms with van der Waals surface area (Å²) in [5.74, 6) is -1.43. The number of carboxylic acid groups (broad SMARTS) is 1. The third-order valence-electron chi connectivity index (χ3n) is 3.80. The molecule has 0 saturated carbocycles. The lowest BCUT2D eigenvalue weighted by atomic mass is 10.2. The van der Waals surface area contributed by atoms with Gasteiger partial charge in [0, 0.05) is 32.7 Å². The molecular formula is C14H18ClFN2O4S. The first kappa shape index (κ1) is 18.1. The second-order valence-electron chi connectivity index (χ2n) is 5.42. The highest BCUT2D eigenvalue weighted by molar-refractivity contribution is 7.89. The first-order valence-corrected chi connectivity index (χ1v) is 8.93. The maximum Gasteiger partial charge on any atom is 0.304 e. The molecule has 9 heteroatoms. The predicted octanol–water partition coefficient (Wildman–Crippen LogP) is 1.57. The van der Waals surface area contributed by atoms with Crippen LogP contribution in [0.15, 0.2) is 17.0 Å². The van der Waals surface area contributed by atoms with E-state index in [0.717, 1.165) is 6.07 Å². The quantitative estimate of drug-likeness (QED) is 0.858. The standard InChI is InChI=1S/C14H18ClFN2O4S/c1-10-8-13(11(15)9-12(10)16)23(21,22)18-6-4-17(5-7-18)3-2-14(19)20/h8-9H,2-7H2,1H3,(H,19,20). The molecule has 1 aromatic carbocycles. The number of carbonyl (C=O) groups is 1. The van der Waals surface area contributed by atoms with Crippen LogP contribution in [0, 0.1) is 12.7 Å². The number of aryl methyl sites for hydroxylation is 1. The lowest BCUT2D eigenvalue weighted by Crippen LogP contribution is -2.49. The summed E-state index contributed by atoms with van der Waals surface area (Å²) in [5.41, 5.74) is 0.216. The van der Waals surface area contributed by atoms with Crippen molar-refractivity contribution in [1.29, 1.82) is 0 Å². The summed E-state index contributed by atoms with van der Waals surface area (Å²) in [7, 11) is -3.79. The predicted molar refractivity (Wildman–Crippen MR) is 83.6 cm³/mol. The molecule has 128 valence electrons. The fourth-order valence-electron chi connectivity index (χ4n) is 2.41. The Morgan fingerprint density at radius 2 is 1.91 bits per heavy atom. The number of nitrogens with zero attached hydrogens (tertiary/aromatic N) is 2. The number of carboxylic acids is 1. The van der Waals surface area contributed by atoms with Crippen molar-refractivity contribution in [2.75, 3.05) is 32.7 Å². The van der Waals surface area contributed by atoms with Gasteiger partial charge < -0.3 is 10.0 Å². The van der Waals surface area contributed by atoms with E-state index >= 15 is 0 Å². The van der Waals surface area contributed by atoms with Crippen molar-refractivity contribution in [2.24, 2.45) is 0 Å². The van der Waals surface area contributed by atoms with Gasteiger partial charge in [0.25, 0.3) is 0 Å². The molecule has 0 unspecified atom stereocenters. The molecule has 1 saturated heterocycles. The molecule has 6 nitrogen and oxygen atoms in total. The van der Waals surface area contributed by atoms with Gasteiger partial charge in [0.1, 0.15) is 10.7 Å². The third kappa shape index (κ3) is 4.20. The van der Waals surface area contributed by atoms with Crippen LogP contribution in [0.2, 0.25) is 5.02 Å². The Balaban J connectivity index is 2.10. The molecule has 0 radical (unpaired) electrons. The summed E-state index contributed by atoms with van der Waals surface area (Å²) in [5, 5.41) is 8.54. The van der Waals surface area contributed by atoms with Crippen LogP contribution in [-0.2, 0) is 14.8 Å². The zero-order valence-corrected chi connectivity index (χ0v) is 14.2. The fourth-order valence-corrected chi connectivity index (χ4v) is 4.41. The van der Waals surface area contributed by atoms with Crippen molar-refractivity contribution in [2.45, 2.75) is 18.2 Å². The summed E-state index contributed by atoms with van der Waals surface area (Å²) in [4.78, 5) is 12.4. The molecule has 0 aromatic heterocycles. The van der Waals surface area contributed by atoms with E-state index in [0.29, 0.717) is 19.6 Å². The molecule has 0 amide bonds. The van der Waals surface area contributed by atoms with Crippen LogP contribution in [0.25, 0.3) is 0 Å². The minimum Gasteiger partial charge on any atom is -0.481 e. The van der Waals surface area contributed by atoms with Gasteiger partial charge in [-0.25, -0.2) is 12.8 Å². The molecular weight excluding hydrogens is 347 g/mol. The monoisotopic (exact) mass is 364 g/mol. The molecule has 2 rings (SSSR count). The molecule has 23 heavy (non-hydrogen) atoms. The Hall–Kier alpha value is -1.22. The highest BCUT2D eigenvalue weighted by Gasteiger charge is 2.30. The summed E-state index contributed by atoms with van der Waals surface area (Å²) in [6.45, 7) is 3.26. The maximum atomic E-state index is 13.4. The summed E-state index contributed by atoms with van der Waals surface area (Å²) < 4.78 is 40.0. The largest absolute Gasteiger partial charge is 0.481 e. The number of hydrogen-bond acceptors (Lipinski definition) is 4. The van der Waals surface area contributed by atoms with Gasteiger partial charge in [-0.1, -0.05) is 11.6 Å². The number of halogens is 2. The van der Waals surface area contributed by atoms with Crippen molar-refractivity contribution < 1.29 is 22.7 Å². The average molecular weight is 365 g/mol. The first-order chi connectivity index (χ1) is 10.7. The van der Waals surface area contributed by atoms with Crippen LogP contribution in [0.1, 0.15) is 12.0 Å². The topological polar surface area (TPSA) is 77.9 Å². The van der Waals surface area contributed by atoms with Crippen LogP contribution >= 0.6 is 11.6 Å². The summed E-state index contributed by atoms with van der Waals surface area (Å²) in [6, 6.07) is 2.25. The number of aliphatic carboxylic acids is 1. The molecule has 1 heterocycles.